The number of alkyl halides is 4. The Morgan fingerprint density at radius 1 is 1.19 bits per heavy atom. The highest BCUT2D eigenvalue weighted by Crippen LogP contribution is 2.39. The van der Waals surface area contributed by atoms with Crippen LogP contribution in [-0.4, -0.2) is 106 Å². The number of carbonyl (C=O) groups excluding carboxylic acids is 2. The highest BCUT2D eigenvalue weighted by molar-refractivity contribution is 6.54. The average Bonchev–Trinajstić information content (AvgIpc) is 3.52. The number of ether oxygens (including phenoxy) is 2. The van der Waals surface area contributed by atoms with Crippen molar-refractivity contribution in [2.45, 2.75) is 60.9 Å². The molecule has 1 aliphatic rings. The van der Waals surface area contributed by atoms with Gasteiger partial charge in [-0.2, -0.15) is 0 Å². The third-order valence-corrected chi connectivity index (χ3v) is 7.47. The van der Waals surface area contributed by atoms with Crippen molar-refractivity contribution in [1.82, 2.24) is 20.3 Å². The second-order valence-corrected chi connectivity index (χ2v) is 11.5. The van der Waals surface area contributed by atoms with E-state index in [9.17, 15) is 48.7 Å². The Morgan fingerprint density at radius 3 is 2.53 bits per heavy atom. The molecular formula is C28H29Cl2F2N5O10. The van der Waals surface area contributed by atoms with E-state index in [1.807, 2.05) is 0 Å². The highest BCUT2D eigenvalue weighted by atomic mass is 35.5. The Hall–Kier alpha value is -3.97. The van der Waals surface area contributed by atoms with Crippen LogP contribution in [0.5, 0.6) is 5.75 Å². The van der Waals surface area contributed by atoms with Crippen LogP contribution in [0.3, 0.4) is 0 Å². The molecule has 6 atom stereocenters. The highest BCUT2D eigenvalue weighted by Gasteiger charge is 2.57. The molecule has 4 rings (SSSR count). The van der Waals surface area contributed by atoms with Crippen LogP contribution in [0.2, 0.25) is 0 Å². The molecule has 47 heavy (non-hydrogen) atoms. The molecule has 254 valence electrons. The van der Waals surface area contributed by atoms with Gasteiger partial charge in [0.05, 0.1) is 42.6 Å². The summed E-state index contributed by atoms with van der Waals surface area (Å²) >= 11 is 11.1. The minimum Gasteiger partial charge on any atom is -0.476 e. The number of aliphatic hydroxyl groups excluding tert-OH is 4. The number of amides is 2. The number of aromatic nitrogens is 3. The van der Waals surface area contributed by atoms with Crippen molar-refractivity contribution in [3.05, 3.63) is 54.2 Å². The van der Waals surface area contributed by atoms with Crippen molar-refractivity contribution in [3.63, 3.8) is 0 Å². The van der Waals surface area contributed by atoms with Gasteiger partial charge in [0.2, 0.25) is 5.91 Å². The maximum absolute atomic E-state index is 14.4. The van der Waals surface area contributed by atoms with E-state index in [1.54, 1.807) is 24.3 Å². The van der Waals surface area contributed by atoms with Crippen molar-refractivity contribution in [2.75, 3.05) is 11.9 Å². The van der Waals surface area contributed by atoms with Crippen molar-refractivity contribution in [3.8, 4) is 22.7 Å². The van der Waals surface area contributed by atoms with Crippen molar-refractivity contribution in [1.29, 1.82) is 0 Å². The smallest absolute Gasteiger partial charge is 0.377 e. The van der Waals surface area contributed by atoms with Crippen LogP contribution >= 0.6 is 23.2 Å². The van der Waals surface area contributed by atoms with Crippen LogP contribution in [0, 0.1) is 0 Å². The fourth-order valence-corrected chi connectivity index (χ4v) is 4.94. The van der Waals surface area contributed by atoms with Gasteiger partial charge in [0.25, 0.3) is 12.3 Å². The molecule has 0 spiro atoms. The molecule has 1 aromatic heterocycles. The zero-order valence-electron chi connectivity index (χ0n) is 24.2. The molecule has 15 nitrogen and oxygen atoms in total. The lowest BCUT2D eigenvalue weighted by Crippen LogP contribution is -2.68. The molecule has 1 fully saturated rings. The van der Waals surface area contributed by atoms with Gasteiger partial charge in [-0.3, -0.25) is 9.59 Å². The summed E-state index contributed by atoms with van der Waals surface area (Å²) in [6.07, 6.45) is -10.3. The van der Waals surface area contributed by atoms with Crippen molar-refractivity contribution >= 4 is 46.7 Å². The third-order valence-electron chi connectivity index (χ3n) is 7.07. The molecule has 0 radical (unpaired) electrons. The summed E-state index contributed by atoms with van der Waals surface area (Å²) in [6, 6.07) is 8.12. The van der Waals surface area contributed by atoms with Gasteiger partial charge in [-0.15, -0.1) is 5.10 Å². The average molecular weight is 704 g/mol. The topological polar surface area (TPSA) is 226 Å². The lowest BCUT2D eigenvalue weighted by molar-refractivity contribution is -0.284. The molecule has 1 aliphatic heterocycles. The fourth-order valence-electron chi connectivity index (χ4n) is 4.83. The lowest BCUT2D eigenvalue weighted by atomic mass is 9.88. The van der Waals surface area contributed by atoms with Crippen LogP contribution in [-0.2, 0) is 19.1 Å². The molecule has 0 saturated carbocycles. The van der Waals surface area contributed by atoms with E-state index < -0.39 is 89.6 Å². The SMILES string of the molecule is CC(=O)N[C@H]1[C@H]([C@H](O)[C@H](O)CO)O[C@@](Oc2ccc(-n3cc(-c4cccc(NC(=O)C(Cl)Cl)c4)nn3)cc2C(F)F)(C(=O)O)C[C@@H]1O. The fraction of sp³-hybridized carbons (Fsp3) is 0.393. The van der Waals surface area contributed by atoms with E-state index in [1.165, 1.54) is 12.3 Å². The Labute approximate surface area is 274 Å². The largest absolute Gasteiger partial charge is 0.476 e. The number of hydrogen-bond acceptors (Lipinski definition) is 11. The zero-order valence-corrected chi connectivity index (χ0v) is 25.7. The van der Waals surface area contributed by atoms with Crippen LogP contribution in [0.25, 0.3) is 16.9 Å². The van der Waals surface area contributed by atoms with Gasteiger partial charge in [-0.1, -0.05) is 40.5 Å². The van der Waals surface area contributed by atoms with Crippen LogP contribution < -0.4 is 15.4 Å². The van der Waals surface area contributed by atoms with E-state index in [4.69, 9.17) is 32.7 Å². The molecule has 0 unspecified atom stereocenters. The summed E-state index contributed by atoms with van der Waals surface area (Å²) in [4.78, 5) is 34.8. The number of carboxylic acid groups (broad SMARTS) is 1. The number of nitrogens with zero attached hydrogens (tertiary/aromatic N) is 3. The standard InChI is InChI=1S/C28H29Cl2F2N5O10/c1-12(39)33-21-18(40)9-28(27(44)45,47-23(21)22(42)19(41)11-38)46-20-6-5-15(8-16(20)25(31)32)37-10-17(35-36-37)13-3-2-4-14(7-13)34-26(43)24(29)30/h2-8,10,18-19,21-25,38,40-42H,9,11H2,1H3,(H,33,39)(H,34,43)(H,44,45)/t18-,19+,21+,22+,23+,28+/m0/s1. The second kappa shape index (κ2) is 14.8. The number of halogens is 4. The molecule has 2 aromatic carbocycles. The van der Waals surface area contributed by atoms with E-state index in [0.717, 1.165) is 23.7 Å². The minimum absolute atomic E-state index is 0.0574. The summed E-state index contributed by atoms with van der Waals surface area (Å²) in [5.74, 6) is -6.82. The number of aliphatic hydroxyl groups is 4. The van der Waals surface area contributed by atoms with Gasteiger partial charge in [0, 0.05) is 18.2 Å². The molecule has 3 aromatic rings. The molecule has 1 saturated heterocycles. The molecule has 7 N–H and O–H groups in total. The number of anilines is 1. The first-order chi connectivity index (χ1) is 22.1. The molecule has 0 bridgehead atoms. The molecular weight excluding hydrogens is 675 g/mol. The third kappa shape index (κ3) is 8.13. The molecule has 0 aliphatic carbocycles. The van der Waals surface area contributed by atoms with Crippen LogP contribution in [0.1, 0.15) is 25.3 Å². The van der Waals surface area contributed by atoms with Gasteiger partial charge in [0.15, 0.2) is 4.84 Å². The Balaban J connectivity index is 1.65. The summed E-state index contributed by atoms with van der Waals surface area (Å²) in [7, 11) is 0. The number of rotatable bonds is 12. The van der Waals surface area contributed by atoms with E-state index >= 15 is 0 Å². The Kier molecular flexibility index (Phi) is 11.3. The normalized spacial score (nSPS) is 22.5. The molecule has 2 heterocycles. The lowest BCUT2D eigenvalue weighted by Gasteiger charge is -2.46. The molecule has 19 heteroatoms. The van der Waals surface area contributed by atoms with Gasteiger partial charge in [-0.05, 0) is 30.3 Å². The number of hydrogen-bond donors (Lipinski definition) is 7. The maximum Gasteiger partial charge on any atom is 0.377 e. The minimum atomic E-state index is -3.23. The second-order valence-electron chi connectivity index (χ2n) is 10.4. The monoisotopic (exact) mass is 703 g/mol. The predicted molar refractivity (Wildman–Crippen MR) is 159 cm³/mol. The van der Waals surface area contributed by atoms with Gasteiger partial charge >= 0.3 is 11.8 Å². The van der Waals surface area contributed by atoms with Gasteiger partial charge in [-0.25, -0.2) is 18.3 Å². The maximum atomic E-state index is 14.4. The van der Waals surface area contributed by atoms with Crippen molar-refractivity contribution < 1.29 is 58.2 Å². The first-order valence-electron chi connectivity index (χ1n) is 13.7. The number of carboxylic acids is 1. The van der Waals surface area contributed by atoms with E-state index in [2.05, 4.69) is 20.9 Å². The van der Waals surface area contributed by atoms with E-state index in [-0.39, 0.29) is 11.4 Å². The van der Waals surface area contributed by atoms with Crippen LogP contribution in [0.4, 0.5) is 14.5 Å². The quantitative estimate of drug-likeness (QED) is 0.132. The summed E-state index contributed by atoms with van der Waals surface area (Å²) in [5, 5.41) is 63.6. The van der Waals surface area contributed by atoms with Gasteiger partial charge < -0.3 is 45.6 Å². The predicted octanol–water partition coefficient (Wildman–Crippen LogP) is 1.14. The summed E-state index contributed by atoms with van der Waals surface area (Å²) < 4.78 is 40.9. The van der Waals surface area contributed by atoms with E-state index in [0.29, 0.717) is 11.3 Å². The molecule has 2 amide bonds. The Bertz CT molecular complexity index is 1620. The summed E-state index contributed by atoms with van der Waals surface area (Å²) in [6.45, 7) is 0.0642. The number of carbonyl (C=O) groups is 3. The van der Waals surface area contributed by atoms with Crippen LogP contribution in [0.15, 0.2) is 48.7 Å². The number of aliphatic carboxylic acids is 1. The van der Waals surface area contributed by atoms with Gasteiger partial charge in [0.1, 0.15) is 29.8 Å². The number of nitrogens with one attached hydrogen (secondary N) is 2. The van der Waals surface area contributed by atoms with Crippen molar-refractivity contribution in [2.24, 2.45) is 0 Å². The Morgan fingerprint density at radius 2 is 1.91 bits per heavy atom. The summed E-state index contributed by atoms with van der Waals surface area (Å²) in [5.41, 5.74) is 0.367. The zero-order chi connectivity index (χ0) is 34.6. The first kappa shape index (κ1) is 35.9. The first-order valence-corrected chi connectivity index (χ1v) is 14.6. The number of benzene rings is 2.